The van der Waals surface area contributed by atoms with Crippen molar-refractivity contribution in [1.82, 2.24) is 0 Å². The highest BCUT2D eigenvalue weighted by Crippen LogP contribution is 2.59. The van der Waals surface area contributed by atoms with E-state index in [1.807, 2.05) is 109 Å². The van der Waals surface area contributed by atoms with Crippen LogP contribution < -0.4 is 0 Å². The van der Waals surface area contributed by atoms with Crippen LogP contribution in [0, 0.1) is 0 Å². The maximum Gasteiger partial charge on any atom is 0.223 e. The maximum atomic E-state index is 15.8. The van der Waals surface area contributed by atoms with Gasteiger partial charge in [0.2, 0.25) is 5.79 Å². The molecule has 0 unspecified atom stereocenters. The van der Waals surface area contributed by atoms with Crippen molar-refractivity contribution in [2.24, 2.45) is 0 Å². The average molecular weight is 991 g/mol. The highest BCUT2D eigenvalue weighted by Gasteiger charge is 2.65. The van der Waals surface area contributed by atoms with Crippen molar-refractivity contribution in [3.63, 3.8) is 0 Å². The first-order valence-corrected chi connectivity index (χ1v) is 26.5. The van der Waals surface area contributed by atoms with Crippen molar-refractivity contribution in [1.29, 1.82) is 0 Å². The van der Waals surface area contributed by atoms with Crippen LogP contribution in [0.25, 0.3) is 86.2 Å². The molecule has 1 heterocycles. The zero-order chi connectivity index (χ0) is 51.3. The van der Waals surface area contributed by atoms with E-state index in [9.17, 15) is 0 Å². The molecule has 2 atom stereocenters. The van der Waals surface area contributed by atoms with Gasteiger partial charge in [0.05, 0.1) is 0 Å². The number of rotatable bonds is 8. The van der Waals surface area contributed by atoms with Gasteiger partial charge in [-0.25, -0.2) is 0 Å². The molecule has 0 saturated carbocycles. The third-order valence-electron chi connectivity index (χ3n) is 16.7. The lowest BCUT2D eigenvalue weighted by Crippen LogP contribution is -2.55. The predicted molar refractivity (Wildman–Crippen MR) is 315 cm³/mol. The summed E-state index contributed by atoms with van der Waals surface area (Å²) in [6, 6.07) is 95.5. The van der Waals surface area contributed by atoms with Gasteiger partial charge in [-0.1, -0.05) is 255 Å². The molecule has 0 spiro atoms. The minimum Gasteiger partial charge on any atom is -0.377 e. The van der Waals surface area contributed by atoms with Crippen LogP contribution in [0.2, 0.25) is 0 Å². The van der Waals surface area contributed by atoms with E-state index in [-0.39, 0.29) is 0 Å². The van der Waals surface area contributed by atoms with Crippen molar-refractivity contribution in [3.05, 3.63) is 312 Å². The number of hydrogen-bond donors (Lipinski definition) is 2. The summed E-state index contributed by atoms with van der Waals surface area (Å²) in [6.45, 7) is 0. The van der Waals surface area contributed by atoms with Crippen molar-refractivity contribution in [2.75, 3.05) is 0 Å². The lowest BCUT2D eigenvalue weighted by molar-refractivity contribution is -0.176. The molecule has 0 bridgehead atoms. The zero-order valence-electron chi connectivity index (χ0n) is 41.9. The summed E-state index contributed by atoms with van der Waals surface area (Å²) in [4.78, 5) is 0. The fraction of sp³-hybridized carbons (Fsp3) is 0.0685. The fourth-order valence-electron chi connectivity index (χ4n) is 13.3. The molecule has 0 radical (unpaired) electrons. The molecule has 0 aromatic heterocycles. The van der Waals surface area contributed by atoms with E-state index >= 15 is 10.2 Å². The van der Waals surface area contributed by atoms with Crippen LogP contribution in [-0.4, -0.2) is 22.4 Å². The largest absolute Gasteiger partial charge is 0.377 e. The van der Waals surface area contributed by atoms with Gasteiger partial charge in [0.15, 0.2) is 0 Å². The van der Waals surface area contributed by atoms with Crippen molar-refractivity contribution < 1.29 is 19.7 Å². The molecule has 1 saturated heterocycles. The van der Waals surface area contributed by atoms with Gasteiger partial charge in [-0.15, -0.1) is 0 Å². The Morgan fingerprint density at radius 3 is 0.714 bits per heavy atom. The molecule has 14 aromatic carbocycles. The van der Waals surface area contributed by atoms with Gasteiger partial charge in [-0.2, -0.15) is 0 Å². The topological polar surface area (TPSA) is 58.9 Å². The Morgan fingerprint density at radius 1 is 0.247 bits per heavy atom. The summed E-state index contributed by atoms with van der Waals surface area (Å²) in [5.41, 5.74) is -0.293. The van der Waals surface area contributed by atoms with Gasteiger partial charge in [-0.3, -0.25) is 0 Å². The maximum absolute atomic E-state index is 15.8. The lowest BCUT2D eigenvalue weighted by atomic mass is 9.68. The monoisotopic (exact) mass is 990 g/mol. The van der Waals surface area contributed by atoms with E-state index in [0.29, 0.717) is 33.4 Å². The molecule has 77 heavy (non-hydrogen) atoms. The second-order valence-electron chi connectivity index (χ2n) is 20.7. The highest BCUT2D eigenvalue weighted by atomic mass is 16.8. The molecule has 1 fully saturated rings. The Balaban J connectivity index is 1.16. The standard InChI is InChI=1S/C73H50O4/c74-71(65-43-47-23-7-11-31-53(47)57-35-15-19-39-61(57)65,66-44-48-24-8-12-32-54(48)58-36-16-20-40-62(58)66)69-70(77-73(76-69,51-27-3-1-4-28-51)52-29-5-2-6-30-52)72(75,67-45-49-25-9-13-33-55(49)59-37-17-21-41-63(59)67)68-46-50-26-10-14-34-56(50)60-38-18-22-42-64(60)68/h1-46,69-70,74-75H/t69-,70-/m1/s1. The first kappa shape index (κ1) is 45.4. The summed E-state index contributed by atoms with van der Waals surface area (Å²) >= 11 is 0. The Morgan fingerprint density at radius 2 is 0.455 bits per heavy atom. The predicted octanol–water partition coefficient (Wildman–Crippen LogP) is 16.8. The molecule has 1 aliphatic rings. The van der Waals surface area contributed by atoms with Crippen molar-refractivity contribution in [2.45, 2.75) is 29.2 Å². The first-order valence-electron chi connectivity index (χ1n) is 26.5. The molecule has 366 valence electrons. The number of fused-ring (bicyclic) bond motifs is 12. The lowest BCUT2D eigenvalue weighted by Gasteiger charge is -2.44. The number of ether oxygens (including phenoxy) is 2. The molecule has 2 N–H and O–H groups in total. The number of aliphatic hydroxyl groups is 2. The summed E-state index contributed by atoms with van der Waals surface area (Å²) in [7, 11) is 0. The third kappa shape index (κ3) is 6.74. The van der Waals surface area contributed by atoms with Gasteiger partial charge >= 0.3 is 0 Å². The fourth-order valence-corrected chi connectivity index (χ4v) is 13.3. The van der Waals surface area contributed by atoms with E-state index in [1.54, 1.807) is 0 Å². The normalized spacial score (nSPS) is 15.9. The molecule has 4 nitrogen and oxygen atoms in total. The van der Waals surface area contributed by atoms with Crippen molar-refractivity contribution in [3.8, 4) is 0 Å². The second-order valence-corrected chi connectivity index (χ2v) is 20.7. The first-order chi connectivity index (χ1) is 37.9. The minimum atomic E-state index is -2.10. The van der Waals surface area contributed by atoms with Crippen LogP contribution in [0.15, 0.2) is 279 Å². The molecule has 15 rings (SSSR count). The molecule has 1 aliphatic heterocycles. The van der Waals surface area contributed by atoms with E-state index < -0.39 is 29.2 Å². The van der Waals surface area contributed by atoms with Crippen LogP contribution in [0.1, 0.15) is 33.4 Å². The number of hydrogen-bond acceptors (Lipinski definition) is 4. The summed E-state index contributed by atoms with van der Waals surface area (Å²) in [5, 5.41) is 46.9. The van der Waals surface area contributed by atoms with E-state index in [2.05, 4.69) is 170 Å². The van der Waals surface area contributed by atoms with Gasteiger partial charge in [-0.05, 0) is 133 Å². The molecule has 0 aliphatic carbocycles. The molecular weight excluding hydrogens is 941 g/mol. The summed E-state index contributed by atoms with van der Waals surface area (Å²) in [6.07, 6.45) is -2.75. The van der Waals surface area contributed by atoms with Crippen LogP contribution in [-0.2, 0) is 26.5 Å². The van der Waals surface area contributed by atoms with Gasteiger partial charge < -0.3 is 19.7 Å². The Kier molecular flexibility index (Phi) is 10.3. The quantitative estimate of drug-likeness (QED) is 0.149. The molecule has 0 amide bonds. The average Bonchev–Trinajstić information content (AvgIpc) is 4.08. The van der Waals surface area contributed by atoms with Crippen LogP contribution >= 0.6 is 0 Å². The van der Waals surface area contributed by atoms with E-state index in [0.717, 1.165) is 86.2 Å². The molecule has 4 heteroatoms. The van der Waals surface area contributed by atoms with Gasteiger partial charge in [0.1, 0.15) is 23.4 Å². The minimum absolute atomic E-state index is 0.622. The highest BCUT2D eigenvalue weighted by molar-refractivity contribution is 6.14. The molecular formula is C73H50O4. The SMILES string of the molecule is OC(c1cc2ccccc2c2ccccc12)(c1cc2ccccc2c2ccccc12)[C@@H]1OC(c2ccccc2)(c2ccccc2)O[C@H]1C(O)(c1cc2ccccc2c2ccccc12)c1cc2ccccc2c2ccccc12. The Labute approximate surface area is 445 Å². The van der Waals surface area contributed by atoms with Gasteiger partial charge in [0, 0.05) is 11.1 Å². The smallest absolute Gasteiger partial charge is 0.223 e. The van der Waals surface area contributed by atoms with Crippen LogP contribution in [0.5, 0.6) is 0 Å². The zero-order valence-corrected chi connectivity index (χ0v) is 41.9. The number of benzene rings is 14. The summed E-state index contributed by atoms with van der Waals surface area (Å²) < 4.78 is 16.4. The molecule has 14 aromatic rings. The summed E-state index contributed by atoms with van der Waals surface area (Å²) in [5.74, 6) is -1.70. The van der Waals surface area contributed by atoms with Gasteiger partial charge in [0.25, 0.3) is 0 Å². The Bertz CT molecular complexity index is 4110. The van der Waals surface area contributed by atoms with Crippen LogP contribution in [0.4, 0.5) is 0 Å². The Hall–Kier alpha value is -9.00. The second kappa shape index (κ2) is 17.5. The van der Waals surface area contributed by atoms with E-state index in [4.69, 9.17) is 9.47 Å². The van der Waals surface area contributed by atoms with Crippen LogP contribution in [0.3, 0.4) is 0 Å². The van der Waals surface area contributed by atoms with E-state index in [1.165, 1.54) is 0 Å². The van der Waals surface area contributed by atoms with Crippen molar-refractivity contribution >= 4 is 86.2 Å². The third-order valence-corrected chi connectivity index (χ3v) is 16.7.